The smallest absolute Gasteiger partial charge is 0.242 e. The zero-order valence-corrected chi connectivity index (χ0v) is 12.0. The number of aliphatic hydroxyl groups is 1. The average molecular weight is 295 g/mol. The predicted octanol–water partition coefficient (Wildman–Crippen LogP) is 0.486. The Bertz CT molecular complexity index is 630. The first-order chi connectivity index (χ1) is 9.54. The summed E-state index contributed by atoms with van der Waals surface area (Å²) >= 11 is 0. The van der Waals surface area contributed by atoms with Crippen molar-refractivity contribution in [1.29, 1.82) is 0 Å². The monoisotopic (exact) mass is 295 g/mol. The van der Waals surface area contributed by atoms with E-state index < -0.39 is 10.0 Å². The van der Waals surface area contributed by atoms with Gasteiger partial charge in [0.15, 0.2) is 0 Å². The molecule has 0 amide bonds. The Balaban J connectivity index is 2.29. The maximum atomic E-state index is 12.4. The number of sulfonamides is 1. The highest BCUT2D eigenvalue weighted by molar-refractivity contribution is 7.89. The molecule has 0 saturated carbocycles. The molecule has 2 atom stereocenters. The molecule has 1 heterocycles. The maximum Gasteiger partial charge on any atom is 0.242 e. The van der Waals surface area contributed by atoms with Crippen molar-refractivity contribution in [3.05, 3.63) is 29.8 Å². The zero-order valence-electron chi connectivity index (χ0n) is 11.2. The molecule has 2 unspecified atom stereocenters. The molecule has 1 fully saturated rings. The second kappa shape index (κ2) is 6.37. The summed E-state index contributed by atoms with van der Waals surface area (Å²) in [5, 5.41) is 8.73. The third-order valence-corrected chi connectivity index (χ3v) is 4.71. The summed E-state index contributed by atoms with van der Waals surface area (Å²) in [4.78, 5) is 0.125. The largest absolute Gasteiger partial charge is 0.384 e. The summed E-state index contributed by atoms with van der Waals surface area (Å²) in [5.41, 5.74) is 0.376. The molecule has 2 N–H and O–H groups in total. The van der Waals surface area contributed by atoms with Crippen LogP contribution in [0.2, 0.25) is 0 Å². The van der Waals surface area contributed by atoms with Crippen molar-refractivity contribution in [2.75, 3.05) is 13.2 Å². The minimum Gasteiger partial charge on any atom is -0.384 e. The Kier molecular flexibility index (Phi) is 4.78. The van der Waals surface area contributed by atoms with Crippen LogP contribution in [-0.4, -0.2) is 38.9 Å². The lowest BCUT2D eigenvalue weighted by Crippen LogP contribution is -2.39. The van der Waals surface area contributed by atoms with Gasteiger partial charge < -0.3 is 9.84 Å². The summed E-state index contributed by atoms with van der Waals surface area (Å²) in [7, 11) is -3.65. The summed E-state index contributed by atoms with van der Waals surface area (Å²) in [5.74, 6) is 5.12. The van der Waals surface area contributed by atoms with Crippen LogP contribution in [0.15, 0.2) is 29.2 Å². The topological polar surface area (TPSA) is 75.6 Å². The Morgan fingerprint density at radius 3 is 2.85 bits per heavy atom. The molecule has 0 spiro atoms. The van der Waals surface area contributed by atoms with Gasteiger partial charge in [0.05, 0.1) is 17.0 Å². The highest BCUT2D eigenvalue weighted by Gasteiger charge is 2.29. The molecule has 1 saturated heterocycles. The van der Waals surface area contributed by atoms with Gasteiger partial charge in [-0.1, -0.05) is 24.0 Å². The number of hydrogen-bond acceptors (Lipinski definition) is 4. The average Bonchev–Trinajstić information content (AvgIpc) is 2.81. The minimum absolute atomic E-state index is 0.125. The summed E-state index contributed by atoms with van der Waals surface area (Å²) in [6, 6.07) is 6.25. The molecular formula is C14H17NO4S. The lowest BCUT2D eigenvalue weighted by molar-refractivity contribution is 0.117. The van der Waals surface area contributed by atoms with Crippen LogP contribution >= 0.6 is 0 Å². The van der Waals surface area contributed by atoms with E-state index in [1.807, 2.05) is 6.92 Å². The molecule has 6 heteroatoms. The molecule has 0 bridgehead atoms. The van der Waals surface area contributed by atoms with Gasteiger partial charge in [0.1, 0.15) is 6.61 Å². The first-order valence-corrected chi connectivity index (χ1v) is 7.85. The van der Waals surface area contributed by atoms with Crippen molar-refractivity contribution in [1.82, 2.24) is 4.72 Å². The Morgan fingerprint density at radius 1 is 1.45 bits per heavy atom. The van der Waals surface area contributed by atoms with E-state index in [0.717, 1.165) is 0 Å². The summed E-state index contributed by atoms with van der Waals surface area (Å²) in [6.45, 7) is 2.09. The van der Waals surface area contributed by atoms with Gasteiger partial charge in [0, 0.05) is 12.2 Å². The fourth-order valence-corrected chi connectivity index (χ4v) is 3.59. The normalized spacial score (nSPS) is 22.3. The van der Waals surface area contributed by atoms with E-state index in [-0.39, 0.29) is 23.6 Å². The molecule has 0 aromatic heterocycles. The minimum atomic E-state index is -3.65. The number of hydrogen-bond donors (Lipinski definition) is 2. The molecule has 108 valence electrons. The van der Waals surface area contributed by atoms with Gasteiger partial charge >= 0.3 is 0 Å². The molecule has 2 rings (SSSR count). The van der Waals surface area contributed by atoms with Crippen LogP contribution in [0.5, 0.6) is 0 Å². The fourth-order valence-electron chi connectivity index (χ4n) is 2.09. The van der Waals surface area contributed by atoms with Crippen LogP contribution in [0.1, 0.15) is 18.9 Å². The number of rotatable bonds is 3. The summed E-state index contributed by atoms with van der Waals surface area (Å²) < 4.78 is 32.9. The van der Waals surface area contributed by atoms with Crippen LogP contribution in [0.25, 0.3) is 0 Å². The van der Waals surface area contributed by atoms with E-state index in [1.54, 1.807) is 18.2 Å². The van der Waals surface area contributed by atoms with Gasteiger partial charge in [-0.05, 0) is 25.5 Å². The number of aliphatic hydroxyl groups excluding tert-OH is 1. The second-order valence-corrected chi connectivity index (χ2v) is 6.23. The van der Waals surface area contributed by atoms with E-state index in [4.69, 9.17) is 9.84 Å². The molecular weight excluding hydrogens is 278 g/mol. The van der Waals surface area contributed by atoms with Crippen molar-refractivity contribution in [2.45, 2.75) is 30.4 Å². The molecule has 1 aromatic rings. The van der Waals surface area contributed by atoms with Crippen LogP contribution < -0.4 is 4.72 Å². The van der Waals surface area contributed by atoms with Crippen molar-refractivity contribution in [3.8, 4) is 11.8 Å². The molecule has 1 aliphatic rings. The van der Waals surface area contributed by atoms with E-state index >= 15 is 0 Å². The van der Waals surface area contributed by atoms with E-state index in [0.29, 0.717) is 18.6 Å². The molecule has 1 aliphatic heterocycles. The van der Waals surface area contributed by atoms with Crippen molar-refractivity contribution < 1.29 is 18.3 Å². The van der Waals surface area contributed by atoms with Crippen LogP contribution in [0.4, 0.5) is 0 Å². The van der Waals surface area contributed by atoms with E-state index in [2.05, 4.69) is 16.6 Å². The molecule has 0 aliphatic carbocycles. The quantitative estimate of drug-likeness (QED) is 0.796. The van der Waals surface area contributed by atoms with Crippen LogP contribution in [-0.2, 0) is 14.8 Å². The lowest BCUT2D eigenvalue weighted by Gasteiger charge is -2.16. The molecule has 1 aromatic carbocycles. The van der Waals surface area contributed by atoms with Gasteiger partial charge in [0.25, 0.3) is 0 Å². The number of ether oxygens (including phenoxy) is 1. The predicted molar refractivity (Wildman–Crippen MR) is 74.5 cm³/mol. The van der Waals surface area contributed by atoms with Gasteiger partial charge in [-0.3, -0.25) is 0 Å². The molecule has 20 heavy (non-hydrogen) atoms. The SMILES string of the molecule is CC1OCCC1NS(=O)(=O)c1ccccc1C#CCO. The zero-order chi connectivity index (χ0) is 14.6. The van der Waals surface area contributed by atoms with E-state index in [9.17, 15) is 8.42 Å². The van der Waals surface area contributed by atoms with Crippen molar-refractivity contribution >= 4 is 10.0 Å². The molecule has 0 radical (unpaired) electrons. The van der Waals surface area contributed by atoms with Crippen molar-refractivity contribution in [3.63, 3.8) is 0 Å². The van der Waals surface area contributed by atoms with Crippen molar-refractivity contribution in [2.24, 2.45) is 0 Å². The van der Waals surface area contributed by atoms with Crippen LogP contribution in [0.3, 0.4) is 0 Å². The highest BCUT2D eigenvalue weighted by atomic mass is 32.2. The van der Waals surface area contributed by atoms with Gasteiger partial charge in [-0.15, -0.1) is 0 Å². The Morgan fingerprint density at radius 2 is 2.20 bits per heavy atom. The van der Waals surface area contributed by atoms with Gasteiger partial charge in [-0.2, -0.15) is 0 Å². The molecule has 5 nitrogen and oxygen atoms in total. The second-order valence-electron chi connectivity index (χ2n) is 4.55. The maximum absolute atomic E-state index is 12.4. The first-order valence-electron chi connectivity index (χ1n) is 6.37. The van der Waals surface area contributed by atoms with Crippen LogP contribution in [0, 0.1) is 11.8 Å². The summed E-state index contributed by atoms with van der Waals surface area (Å²) in [6.07, 6.45) is 0.519. The first kappa shape index (κ1) is 15.0. The third-order valence-electron chi connectivity index (χ3n) is 3.16. The Hall–Kier alpha value is -1.39. The van der Waals surface area contributed by atoms with Gasteiger partial charge in [0.2, 0.25) is 10.0 Å². The number of benzene rings is 1. The van der Waals surface area contributed by atoms with Gasteiger partial charge in [-0.25, -0.2) is 13.1 Å². The lowest BCUT2D eigenvalue weighted by atomic mass is 10.2. The highest BCUT2D eigenvalue weighted by Crippen LogP contribution is 2.19. The Labute approximate surface area is 119 Å². The van der Waals surface area contributed by atoms with E-state index in [1.165, 1.54) is 6.07 Å². The number of nitrogens with one attached hydrogen (secondary N) is 1. The fraction of sp³-hybridized carbons (Fsp3) is 0.429. The third kappa shape index (κ3) is 3.38. The standard InChI is InChI=1S/C14H17NO4S/c1-11-13(8-10-19-11)15-20(17,18)14-7-3-2-5-12(14)6-4-9-16/h2-3,5,7,11,13,15-16H,8-10H2,1H3.